The summed E-state index contributed by atoms with van der Waals surface area (Å²) in [4.78, 5) is 13.7. The molecule has 3 heterocycles. The molecule has 0 unspecified atom stereocenters. The lowest BCUT2D eigenvalue weighted by molar-refractivity contribution is 0.308. The minimum absolute atomic E-state index is 0.812. The van der Waals surface area contributed by atoms with Gasteiger partial charge in [0, 0.05) is 30.1 Å². The van der Waals surface area contributed by atoms with Crippen LogP contribution in [-0.4, -0.2) is 29.8 Å². The second-order valence-corrected chi connectivity index (χ2v) is 11.9. The van der Waals surface area contributed by atoms with E-state index in [1.807, 2.05) is 73.3 Å². The van der Waals surface area contributed by atoms with Gasteiger partial charge in [-0.05, 0) is 59.2 Å². The number of thiophene rings is 1. The quantitative estimate of drug-likeness (QED) is 0.354. The number of nitrogens with zero attached hydrogens (tertiary/aromatic N) is 3. The highest BCUT2D eigenvalue weighted by molar-refractivity contribution is 8.03. The van der Waals surface area contributed by atoms with Crippen molar-refractivity contribution in [2.45, 2.75) is 59.8 Å². The highest BCUT2D eigenvalue weighted by Crippen LogP contribution is 2.32. The van der Waals surface area contributed by atoms with Crippen LogP contribution >= 0.6 is 23.1 Å². The highest BCUT2D eigenvalue weighted by atomic mass is 32.2. The molecule has 0 spiro atoms. The van der Waals surface area contributed by atoms with Crippen LogP contribution in [0, 0.1) is 18.8 Å². The molecule has 1 fully saturated rings. The fourth-order valence-corrected chi connectivity index (χ4v) is 6.04. The van der Waals surface area contributed by atoms with E-state index in [9.17, 15) is 0 Å². The van der Waals surface area contributed by atoms with Crippen LogP contribution in [0.15, 0.2) is 58.8 Å². The molecule has 35 heavy (non-hydrogen) atoms. The van der Waals surface area contributed by atoms with Crippen molar-refractivity contribution in [2.75, 3.05) is 24.7 Å². The first-order valence-electron chi connectivity index (χ1n) is 12.8. The van der Waals surface area contributed by atoms with Gasteiger partial charge in [-0.25, -0.2) is 9.97 Å². The minimum atomic E-state index is 0.812. The van der Waals surface area contributed by atoms with Crippen molar-refractivity contribution < 1.29 is 0 Å². The number of benzene rings is 1. The maximum absolute atomic E-state index is 4.42. The summed E-state index contributed by atoms with van der Waals surface area (Å²) in [5.41, 5.74) is 2.47. The van der Waals surface area contributed by atoms with E-state index in [0.717, 1.165) is 40.1 Å². The second kappa shape index (κ2) is 13.8. The monoisotopic (exact) mass is 507 g/mol. The Kier molecular flexibility index (Phi) is 10.9. The number of fused-ring (bicyclic) bond motifs is 1. The smallest absolute Gasteiger partial charge is 0.139 e. The lowest BCUT2D eigenvalue weighted by Gasteiger charge is -2.22. The average molecular weight is 508 g/mol. The van der Waals surface area contributed by atoms with Crippen LogP contribution in [0.5, 0.6) is 0 Å². The Bertz CT molecular complexity index is 1100. The van der Waals surface area contributed by atoms with Crippen LogP contribution in [0.25, 0.3) is 16.5 Å². The van der Waals surface area contributed by atoms with Gasteiger partial charge in [-0.2, -0.15) is 0 Å². The molecule has 0 bridgehead atoms. The van der Waals surface area contributed by atoms with Crippen molar-refractivity contribution in [3.05, 3.63) is 69.5 Å². The van der Waals surface area contributed by atoms with Crippen molar-refractivity contribution in [2.24, 2.45) is 11.8 Å². The Labute approximate surface area is 220 Å². The van der Waals surface area contributed by atoms with E-state index < -0.39 is 0 Å². The van der Waals surface area contributed by atoms with Crippen molar-refractivity contribution in [3.8, 4) is 0 Å². The number of hydrogen-bond acceptors (Lipinski definition) is 5. The van der Waals surface area contributed by atoms with Crippen molar-refractivity contribution in [1.29, 1.82) is 0 Å². The first kappa shape index (κ1) is 27.5. The summed E-state index contributed by atoms with van der Waals surface area (Å²) in [5.74, 6) is 4.97. The maximum atomic E-state index is 4.42. The number of anilines is 1. The maximum Gasteiger partial charge on any atom is 0.139 e. The number of allylic oxidation sites excluding steroid dienone is 3. The standard InChI is InChI=1S/C11H13N3.C11H12S2.C8H16/c1-8-12-10-7-5-4-6-9(10)11(13-8)14(2)3;1-2-10-6-5-9(8-13-10)11-4-3-7-12-11;1-7-3-5-8(2)6-4-7/h4-7H,1-3H3;3-7H,2,8H2,1H3;7-8H,3-6H2,1-2H3. The van der Waals surface area contributed by atoms with E-state index in [-0.39, 0.29) is 0 Å². The summed E-state index contributed by atoms with van der Waals surface area (Å²) in [6.45, 7) is 8.86. The van der Waals surface area contributed by atoms with Gasteiger partial charge >= 0.3 is 0 Å². The fourth-order valence-electron chi connectivity index (χ4n) is 4.24. The molecule has 1 aromatic carbocycles. The fraction of sp³-hybridized carbons (Fsp3) is 0.467. The lowest BCUT2D eigenvalue weighted by Crippen LogP contribution is -2.12. The van der Waals surface area contributed by atoms with Gasteiger partial charge in [0.1, 0.15) is 11.6 Å². The molecule has 3 nitrogen and oxygen atoms in total. The van der Waals surface area contributed by atoms with Gasteiger partial charge in [0.25, 0.3) is 0 Å². The number of thioether (sulfide) groups is 1. The molecular weight excluding hydrogens is 466 g/mol. The van der Waals surface area contributed by atoms with Gasteiger partial charge in [-0.1, -0.05) is 76.8 Å². The summed E-state index contributed by atoms with van der Waals surface area (Å²) in [6, 6.07) is 12.4. The molecule has 188 valence electrons. The number of aryl methyl sites for hydroxylation is 1. The number of aromatic nitrogens is 2. The van der Waals surface area contributed by atoms with Crippen molar-refractivity contribution in [3.63, 3.8) is 0 Å². The zero-order valence-electron chi connectivity index (χ0n) is 22.3. The molecule has 1 aliphatic carbocycles. The first-order chi connectivity index (χ1) is 16.9. The van der Waals surface area contributed by atoms with Crippen molar-refractivity contribution in [1.82, 2.24) is 9.97 Å². The van der Waals surface area contributed by atoms with E-state index in [1.165, 1.54) is 47.5 Å². The zero-order valence-corrected chi connectivity index (χ0v) is 23.9. The molecular formula is C30H41N3S2. The Morgan fingerprint density at radius 1 is 0.914 bits per heavy atom. The van der Waals surface area contributed by atoms with Gasteiger partial charge in [-0.15, -0.1) is 23.1 Å². The minimum Gasteiger partial charge on any atom is -0.362 e. The van der Waals surface area contributed by atoms with E-state index in [4.69, 9.17) is 0 Å². The summed E-state index contributed by atoms with van der Waals surface area (Å²) in [6.07, 6.45) is 11.6. The molecule has 1 aliphatic heterocycles. The third-order valence-corrected chi connectivity index (χ3v) is 8.69. The molecule has 2 aromatic heterocycles. The van der Waals surface area contributed by atoms with E-state index in [1.54, 1.807) is 0 Å². The van der Waals surface area contributed by atoms with Crippen LogP contribution in [0.3, 0.4) is 0 Å². The van der Waals surface area contributed by atoms with E-state index in [2.05, 4.69) is 60.4 Å². The molecule has 1 saturated carbocycles. The lowest BCUT2D eigenvalue weighted by atomic mass is 9.84. The van der Waals surface area contributed by atoms with Crippen molar-refractivity contribution >= 4 is 45.4 Å². The Morgan fingerprint density at radius 3 is 2.14 bits per heavy atom. The van der Waals surface area contributed by atoms with Gasteiger partial charge < -0.3 is 4.90 Å². The molecule has 0 N–H and O–H groups in total. The number of para-hydroxylation sites is 1. The van der Waals surface area contributed by atoms with Crippen LogP contribution in [-0.2, 0) is 0 Å². The SMILES string of the molecule is CC1CCC(C)CC1.CCC1=CC=C(c2cccs2)CS1.Cc1nc(N(C)C)c2ccccc2n1. The summed E-state index contributed by atoms with van der Waals surface area (Å²) < 4.78 is 0. The first-order valence-corrected chi connectivity index (χ1v) is 14.7. The molecule has 0 radical (unpaired) electrons. The Balaban J connectivity index is 0.000000152. The highest BCUT2D eigenvalue weighted by Gasteiger charge is 2.13. The van der Waals surface area contributed by atoms with Gasteiger partial charge in [0.2, 0.25) is 0 Å². The summed E-state index contributed by atoms with van der Waals surface area (Å²) >= 11 is 3.80. The predicted molar refractivity (Wildman–Crippen MR) is 159 cm³/mol. The average Bonchev–Trinajstić information content (AvgIpc) is 3.41. The van der Waals surface area contributed by atoms with Gasteiger partial charge in [-0.3, -0.25) is 0 Å². The second-order valence-electron chi connectivity index (χ2n) is 9.82. The van der Waals surface area contributed by atoms with Crippen LogP contribution in [0.1, 0.15) is 63.6 Å². The van der Waals surface area contributed by atoms with Crippen LogP contribution < -0.4 is 4.90 Å². The zero-order chi connectivity index (χ0) is 25.2. The number of rotatable bonds is 3. The Hall–Kier alpha value is -2.11. The molecule has 0 amide bonds. The molecule has 3 aromatic rings. The third-order valence-electron chi connectivity index (χ3n) is 6.49. The Morgan fingerprint density at radius 2 is 1.60 bits per heavy atom. The topological polar surface area (TPSA) is 29.0 Å². The molecule has 5 heteroatoms. The van der Waals surface area contributed by atoms with Crippen LogP contribution in [0.2, 0.25) is 0 Å². The molecule has 5 rings (SSSR count). The summed E-state index contributed by atoms with van der Waals surface area (Å²) in [5, 5.41) is 3.24. The largest absolute Gasteiger partial charge is 0.362 e. The molecule has 0 saturated heterocycles. The van der Waals surface area contributed by atoms with E-state index in [0.29, 0.717) is 0 Å². The van der Waals surface area contributed by atoms with Gasteiger partial charge in [0.15, 0.2) is 0 Å². The summed E-state index contributed by atoms with van der Waals surface area (Å²) in [7, 11) is 3.99. The predicted octanol–water partition coefficient (Wildman–Crippen LogP) is 9.01. The van der Waals surface area contributed by atoms with Gasteiger partial charge in [0.05, 0.1) is 5.52 Å². The normalized spacial score (nSPS) is 19.5. The van der Waals surface area contributed by atoms with E-state index >= 15 is 0 Å². The molecule has 0 atom stereocenters. The molecule has 2 aliphatic rings. The van der Waals surface area contributed by atoms with Crippen LogP contribution in [0.4, 0.5) is 5.82 Å². The third kappa shape index (κ3) is 8.50. The number of hydrogen-bond donors (Lipinski definition) is 0.